The van der Waals surface area contributed by atoms with Crippen LogP contribution in [0, 0.1) is 11.3 Å². The van der Waals surface area contributed by atoms with Crippen LogP contribution in [-0.4, -0.2) is 32.4 Å². The third-order valence-corrected chi connectivity index (χ3v) is 6.36. The molecule has 1 aliphatic heterocycles. The molecule has 0 N–H and O–H groups in total. The van der Waals surface area contributed by atoms with Crippen molar-refractivity contribution in [3.05, 3.63) is 113 Å². The van der Waals surface area contributed by atoms with Gasteiger partial charge in [0.05, 0.1) is 54.9 Å². The summed E-state index contributed by atoms with van der Waals surface area (Å²) in [4.78, 5) is 20.0. The molecule has 6 heteroatoms. The van der Waals surface area contributed by atoms with Crippen molar-refractivity contribution in [2.45, 2.75) is 6.54 Å². The Morgan fingerprint density at radius 2 is 1.57 bits per heavy atom. The summed E-state index contributed by atoms with van der Waals surface area (Å²) >= 11 is 0. The summed E-state index contributed by atoms with van der Waals surface area (Å²) in [6, 6.07) is 31.0. The molecule has 1 amide bonds. The number of hydrogen-bond donors (Lipinski definition) is 0. The highest BCUT2D eigenvalue weighted by atomic mass is 16.5. The van der Waals surface area contributed by atoms with Gasteiger partial charge in [-0.05, 0) is 23.3 Å². The second-order valence-electron chi connectivity index (χ2n) is 8.57. The van der Waals surface area contributed by atoms with E-state index in [0.717, 1.165) is 22.3 Å². The minimum atomic E-state index is -0.145. The van der Waals surface area contributed by atoms with E-state index in [1.54, 1.807) is 31.3 Å². The van der Waals surface area contributed by atoms with Crippen molar-refractivity contribution in [2.24, 2.45) is 4.99 Å². The second kappa shape index (κ2) is 10.4. The normalized spacial score (nSPS) is 12.7. The predicted molar refractivity (Wildman–Crippen MR) is 144 cm³/mol. The van der Waals surface area contributed by atoms with E-state index in [2.05, 4.69) is 6.07 Å². The number of rotatable bonds is 6. The summed E-state index contributed by atoms with van der Waals surface area (Å²) in [5, 5.41) is 9.53. The van der Waals surface area contributed by atoms with Gasteiger partial charge in [0, 0.05) is 11.6 Å². The van der Waals surface area contributed by atoms with Gasteiger partial charge in [-0.15, -0.1) is 0 Å². The van der Waals surface area contributed by atoms with Crippen LogP contribution in [0.1, 0.15) is 22.3 Å². The van der Waals surface area contributed by atoms with Crippen molar-refractivity contribution in [1.29, 1.82) is 5.26 Å². The first-order chi connectivity index (χ1) is 18.1. The van der Waals surface area contributed by atoms with E-state index in [1.165, 1.54) is 0 Å². The predicted octanol–water partition coefficient (Wildman–Crippen LogP) is 5.63. The van der Waals surface area contributed by atoms with Crippen LogP contribution < -0.4 is 14.4 Å². The zero-order chi connectivity index (χ0) is 25.8. The van der Waals surface area contributed by atoms with E-state index >= 15 is 0 Å². The lowest BCUT2D eigenvalue weighted by Gasteiger charge is -2.27. The van der Waals surface area contributed by atoms with Crippen LogP contribution in [0.4, 0.5) is 5.69 Å². The Morgan fingerprint density at radius 1 is 0.865 bits per heavy atom. The maximum absolute atomic E-state index is 13.5. The average molecular weight is 488 g/mol. The lowest BCUT2D eigenvalue weighted by Crippen LogP contribution is -2.32. The van der Waals surface area contributed by atoms with E-state index in [1.807, 2.05) is 78.9 Å². The van der Waals surface area contributed by atoms with Crippen molar-refractivity contribution in [3.63, 3.8) is 0 Å². The van der Waals surface area contributed by atoms with Crippen molar-refractivity contribution in [3.8, 4) is 28.7 Å². The van der Waals surface area contributed by atoms with Gasteiger partial charge >= 0.3 is 0 Å². The molecular weight excluding hydrogens is 462 g/mol. The van der Waals surface area contributed by atoms with Crippen LogP contribution in [0.25, 0.3) is 11.1 Å². The molecule has 37 heavy (non-hydrogen) atoms. The number of methoxy groups -OCH3 is 2. The highest BCUT2D eigenvalue weighted by Gasteiger charge is 2.32. The van der Waals surface area contributed by atoms with Gasteiger partial charge in [-0.1, -0.05) is 72.8 Å². The molecule has 0 bridgehead atoms. The quantitative estimate of drug-likeness (QED) is 0.353. The highest BCUT2D eigenvalue weighted by Crippen LogP contribution is 2.47. The SMILES string of the molecule is COc1cc2c(c(OC)c1-c1ccccc1)C(c1cccc(C#N)c1)=NCC(=O)N2Cc1ccccc1. The number of fused-ring (bicyclic) bond motifs is 1. The summed E-state index contributed by atoms with van der Waals surface area (Å²) in [7, 11) is 3.22. The number of benzodiazepines with no additional fused rings is 1. The fourth-order valence-corrected chi connectivity index (χ4v) is 4.66. The average Bonchev–Trinajstić information content (AvgIpc) is 3.09. The van der Waals surface area contributed by atoms with E-state index in [-0.39, 0.29) is 12.5 Å². The topological polar surface area (TPSA) is 74.9 Å². The molecule has 182 valence electrons. The standard InChI is InChI=1S/C31H25N3O3/c1-36-26-17-25-29(31(37-2)28(26)23-13-7-4-8-14-23)30(24-15-9-12-22(16-24)18-32)33-19-27(35)34(25)20-21-10-5-3-6-11-21/h3-17H,19-20H2,1-2H3. The van der Waals surface area contributed by atoms with Gasteiger partial charge in [0.1, 0.15) is 18.0 Å². The maximum Gasteiger partial charge on any atom is 0.248 e. The molecule has 0 unspecified atom stereocenters. The van der Waals surface area contributed by atoms with E-state index in [0.29, 0.717) is 40.6 Å². The van der Waals surface area contributed by atoms with E-state index in [9.17, 15) is 10.1 Å². The zero-order valence-electron chi connectivity index (χ0n) is 20.6. The monoisotopic (exact) mass is 487 g/mol. The molecule has 0 fully saturated rings. The Hall–Kier alpha value is -4.89. The highest BCUT2D eigenvalue weighted by molar-refractivity contribution is 6.22. The molecule has 0 spiro atoms. The number of hydrogen-bond acceptors (Lipinski definition) is 5. The Kier molecular flexibility index (Phi) is 6.69. The first kappa shape index (κ1) is 23.8. The summed E-state index contributed by atoms with van der Waals surface area (Å²) in [5.74, 6) is 0.988. The van der Waals surface area contributed by atoms with Gasteiger partial charge in [-0.2, -0.15) is 5.26 Å². The summed E-state index contributed by atoms with van der Waals surface area (Å²) in [6.07, 6.45) is 0. The van der Waals surface area contributed by atoms with Crippen LogP contribution in [0.5, 0.6) is 11.5 Å². The molecule has 0 saturated heterocycles. The van der Waals surface area contributed by atoms with Crippen LogP contribution in [-0.2, 0) is 11.3 Å². The largest absolute Gasteiger partial charge is 0.496 e. The molecule has 0 saturated carbocycles. The van der Waals surface area contributed by atoms with Crippen LogP contribution in [0.3, 0.4) is 0 Å². The molecule has 1 heterocycles. The molecule has 1 aliphatic rings. The van der Waals surface area contributed by atoms with Crippen molar-refractivity contribution in [1.82, 2.24) is 0 Å². The molecular formula is C31H25N3O3. The van der Waals surface area contributed by atoms with Gasteiger partial charge < -0.3 is 14.4 Å². The third-order valence-electron chi connectivity index (χ3n) is 6.36. The molecule has 0 radical (unpaired) electrons. The molecule has 4 aromatic rings. The van der Waals surface area contributed by atoms with Gasteiger partial charge in [-0.25, -0.2) is 0 Å². The lowest BCUT2D eigenvalue weighted by molar-refractivity contribution is -0.117. The molecule has 5 rings (SSSR count). The number of aliphatic imine (C=N–C) groups is 1. The van der Waals surface area contributed by atoms with E-state index < -0.39 is 0 Å². The number of ether oxygens (including phenoxy) is 2. The minimum absolute atomic E-state index is 0.0419. The number of nitrogens with zero attached hydrogens (tertiary/aromatic N) is 3. The van der Waals surface area contributed by atoms with Crippen molar-refractivity contribution < 1.29 is 14.3 Å². The minimum Gasteiger partial charge on any atom is -0.496 e. The summed E-state index contributed by atoms with van der Waals surface area (Å²) in [5.41, 5.74) is 5.82. The van der Waals surface area contributed by atoms with Gasteiger partial charge in [0.25, 0.3) is 0 Å². The smallest absolute Gasteiger partial charge is 0.248 e. The Labute approximate surface area is 216 Å². The first-order valence-corrected chi connectivity index (χ1v) is 11.9. The van der Waals surface area contributed by atoms with Crippen LogP contribution in [0.15, 0.2) is 96.0 Å². The Balaban J connectivity index is 1.82. The van der Waals surface area contributed by atoms with Crippen LogP contribution in [0.2, 0.25) is 0 Å². The number of carbonyl (C=O) groups is 1. The zero-order valence-corrected chi connectivity index (χ0v) is 20.6. The fraction of sp³-hybridized carbons (Fsp3) is 0.129. The molecule has 6 nitrogen and oxygen atoms in total. The van der Waals surface area contributed by atoms with Crippen molar-refractivity contribution >= 4 is 17.3 Å². The number of nitriles is 1. The van der Waals surface area contributed by atoms with Gasteiger partial charge in [-0.3, -0.25) is 9.79 Å². The van der Waals surface area contributed by atoms with Crippen molar-refractivity contribution in [2.75, 3.05) is 25.7 Å². The Bertz CT molecular complexity index is 1520. The number of anilines is 1. The molecule has 0 aliphatic carbocycles. The summed E-state index contributed by atoms with van der Waals surface area (Å²) < 4.78 is 11.9. The van der Waals surface area contributed by atoms with Gasteiger partial charge in [0.15, 0.2) is 0 Å². The Morgan fingerprint density at radius 3 is 2.24 bits per heavy atom. The van der Waals surface area contributed by atoms with E-state index in [4.69, 9.17) is 14.5 Å². The third kappa shape index (κ3) is 4.55. The van der Waals surface area contributed by atoms with Gasteiger partial charge in [0.2, 0.25) is 5.91 Å². The number of amides is 1. The lowest BCUT2D eigenvalue weighted by atomic mass is 9.92. The molecule has 0 aromatic heterocycles. The number of benzene rings is 4. The summed E-state index contributed by atoms with van der Waals surface area (Å²) in [6.45, 7) is 0.324. The number of carbonyl (C=O) groups excluding carboxylic acids is 1. The second-order valence-corrected chi connectivity index (χ2v) is 8.57. The van der Waals surface area contributed by atoms with Crippen LogP contribution >= 0.6 is 0 Å². The molecule has 0 atom stereocenters. The first-order valence-electron chi connectivity index (χ1n) is 11.9. The fourth-order valence-electron chi connectivity index (χ4n) is 4.66. The maximum atomic E-state index is 13.5. The molecule has 4 aromatic carbocycles.